The zero-order valence-electron chi connectivity index (χ0n) is 13.5. The number of hydrogen-bond donors (Lipinski definition) is 1. The lowest BCUT2D eigenvalue weighted by molar-refractivity contribution is -0.136. The summed E-state index contributed by atoms with van der Waals surface area (Å²) < 4.78 is 11.5. The van der Waals surface area contributed by atoms with Crippen LogP contribution in [0.1, 0.15) is 31.4 Å². The Morgan fingerprint density at radius 1 is 1.58 bits per heavy atom. The fourth-order valence-corrected chi connectivity index (χ4v) is 4.29. The summed E-state index contributed by atoms with van der Waals surface area (Å²) in [6.45, 7) is 2.95. The molecule has 24 heavy (non-hydrogen) atoms. The van der Waals surface area contributed by atoms with Crippen molar-refractivity contribution in [3.63, 3.8) is 0 Å². The van der Waals surface area contributed by atoms with Gasteiger partial charge in [-0.25, -0.2) is 9.59 Å². The molecule has 6 nitrogen and oxygen atoms in total. The Morgan fingerprint density at radius 3 is 2.96 bits per heavy atom. The zero-order valence-corrected chi connectivity index (χ0v) is 15.9. The molecule has 3 rings (SSSR count). The molecule has 1 N–H and O–H groups in total. The van der Waals surface area contributed by atoms with Crippen LogP contribution in [-0.2, 0) is 14.3 Å². The lowest BCUT2D eigenvalue weighted by Crippen LogP contribution is -2.50. The summed E-state index contributed by atoms with van der Waals surface area (Å²) in [7, 11) is 1.35. The van der Waals surface area contributed by atoms with Gasteiger partial charge >= 0.3 is 12.0 Å². The maximum absolute atomic E-state index is 12.6. The van der Waals surface area contributed by atoms with Crippen LogP contribution in [-0.4, -0.2) is 43.3 Å². The summed E-state index contributed by atoms with van der Waals surface area (Å²) in [5.74, 6) is -0.433. The third kappa shape index (κ3) is 3.36. The topological polar surface area (TPSA) is 67.9 Å². The molecule has 3 heterocycles. The van der Waals surface area contributed by atoms with Gasteiger partial charge in [-0.1, -0.05) is 0 Å². The average molecular weight is 415 g/mol. The number of amides is 2. The normalized spacial score (nSPS) is 24.3. The van der Waals surface area contributed by atoms with Gasteiger partial charge in [0, 0.05) is 12.3 Å². The molecule has 1 aromatic heterocycles. The Balaban J connectivity index is 1.95. The molecule has 0 radical (unpaired) electrons. The summed E-state index contributed by atoms with van der Waals surface area (Å²) in [6, 6.07) is 1.18. The van der Waals surface area contributed by atoms with Gasteiger partial charge in [-0.05, 0) is 52.7 Å². The molecule has 8 heteroatoms. The van der Waals surface area contributed by atoms with Crippen LogP contribution in [0.4, 0.5) is 4.79 Å². The molecule has 0 saturated carbocycles. The molecular weight excluding hydrogens is 396 g/mol. The minimum atomic E-state index is -0.506. The van der Waals surface area contributed by atoms with Crippen molar-refractivity contribution in [2.45, 2.75) is 31.9 Å². The predicted molar refractivity (Wildman–Crippen MR) is 93.7 cm³/mol. The summed E-state index contributed by atoms with van der Waals surface area (Å²) in [4.78, 5) is 26.5. The number of carbonyl (C=O) groups is 2. The van der Waals surface area contributed by atoms with E-state index in [4.69, 9.17) is 9.47 Å². The SMILES string of the molecule is COC(=O)C1=C(C)N(C[C@@H]2CCCO2)C(=O)N[C@@H]1c1csc(Br)c1. The molecule has 2 atom stereocenters. The maximum atomic E-state index is 12.6. The summed E-state index contributed by atoms with van der Waals surface area (Å²) in [5.41, 5.74) is 1.94. The van der Waals surface area contributed by atoms with Crippen LogP contribution < -0.4 is 5.32 Å². The molecule has 130 valence electrons. The number of esters is 1. The van der Waals surface area contributed by atoms with Gasteiger partial charge in [0.2, 0.25) is 0 Å². The number of allylic oxidation sites excluding steroid dienone is 1. The number of ether oxygens (including phenoxy) is 2. The minimum absolute atomic E-state index is 0.0106. The third-order valence-electron chi connectivity index (χ3n) is 4.33. The molecule has 2 amide bonds. The second-order valence-corrected chi connectivity index (χ2v) is 8.09. The van der Waals surface area contributed by atoms with E-state index in [1.807, 2.05) is 11.4 Å². The van der Waals surface area contributed by atoms with Crippen LogP contribution in [0.5, 0.6) is 0 Å². The minimum Gasteiger partial charge on any atom is -0.466 e. The molecule has 0 spiro atoms. The summed E-state index contributed by atoms with van der Waals surface area (Å²) in [5, 5.41) is 4.84. The first kappa shape index (κ1) is 17.4. The van der Waals surface area contributed by atoms with E-state index < -0.39 is 12.0 Å². The monoisotopic (exact) mass is 414 g/mol. The zero-order chi connectivity index (χ0) is 17.3. The Labute approximate surface area is 152 Å². The molecule has 0 bridgehead atoms. The number of nitrogens with zero attached hydrogens (tertiary/aromatic N) is 1. The van der Waals surface area contributed by atoms with Crippen LogP contribution in [0, 0.1) is 0 Å². The van der Waals surface area contributed by atoms with E-state index >= 15 is 0 Å². The van der Waals surface area contributed by atoms with Gasteiger partial charge in [0.25, 0.3) is 0 Å². The fraction of sp³-hybridized carbons (Fsp3) is 0.500. The maximum Gasteiger partial charge on any atom is 0.337 e. The average Bonchev–Trinajstić information content (AvgIpc) is 3.21. The number of thiophene rings is 1. The predicted octanol–water partition coefficient (Wildman–Crippen LogP) is 3.20. The number of carbonyl (C=O) groups excluding carboxylic acids is 2. The van der Waals surface area contributed by atoms with Gasteiger partial charge in [-0.3, -0.25) is 4.90 Å². The highest BCUT2D eigenvalue weighted by molar-refractivity contribution is 9.11. The highest BCUT2D eigenvalue weighted by Gasteiger charge is 2.37. The fourth-order valence-electron chi connectivity index (χ4n) is 3.09. The van der Waals surface area contributed by atoms with Crippen molar-refractivity contribution in [1.82, 2.24) is 10.2 Å². The highest BCUT2D eigenvalue weighted by atomic mass is 79.9. The number of halogens is 1. The smallest absolute Gasteiger partial charge is 0.337 e. The third-order valence-corrected chi connectivity index (χ3v) is 5.86. The van der Waals surface area contributed by atoms with Gasteiger partial charge in [0.15, 0.2) is 0 Å². The van der Waals surface area contributed by atoms with Crippen LogP contribution >= 0.6 is 27.3 Å². The van der Waals surface area contributed by atoms with E-state index in [1.54, 1.807) is 11.8 Å². The van der Waals surface area contributed by atoms with Crippen LogP contribution in [0.25, 0.3) is 0 Å². The molecule has 0 aromatic carbocycles. The van der Waals surface area contributed by atoms with Crippen molar-refractivity contribution in [1.29, 1.82) is 0 Å². The molecule has 2 aliphatic heterocycles. The van der Waals surface area contributed by atoms with E-state index in [0.717, 1.165) is 28.8 Å². The lowest BCUT2D eigenvalue weighted by atomic mass is 9.97. The number of urea groups is 1. The second kappa shape index (κ2) is 7.25. The Hall–Kier alpha value is -1.38. The van der Waals surface area contributed by atoms with Crippen molar-refractivity contribution in [3.8, 4) is 0 Å². The van der Waals surface area contributed by atoms with Gasteiger partial charge in [-0.2, -0.15) is 0 Å². The van der Waals surface area contributed by atoms with E-state index in [2.05, 4.69) is 21.2 Å². The molecule has 0 aliphatic carbocycles. The van der Waals surface area contributed by atoms with Crippen LogP contribution in [0.15, 0.2) is 26.5 Å². The molecular formula is C16H19BrN2O4S. The Kier molecular flexibility index (Phi) is 5.27. The van der Waals surface area contributed by atoms with Crippen molar-refractivity contribution in [3.05, 3.63) is 32.1 Å². The van der Waals surface area contributed by atoms with Crippen molar-refractivity contribution in [2.24, 2.45) is 0 Å². The standard InChI is InChI=1S/C16H19BrN2O4S/c1-9-13(15(20)22-2)14(10-6-12(17)24-8-10)18-16(21)19(9)7-11-4-3-5-23-11/h6,8,11,14H,3-5,7H2,1-2H3,(H,18,21)/t11-,14+/m0/s1. The van der Waals surface area contributed by atoms with Crippen LogP contribution in [0.2, 0.25) is 0 Å². The van der Waals surface area contributed by atoms with Gasteiger partial charge in [-0.15, -0.1) is 11.3 Å². The van der Waals surface area contributed by atoms with Crippen LogP contribution in [0.3, 0.4) is 0 Å². The number of methoxy groups -OCH3 is 1. The van der Waals surface area contributed by atoms with Gasteiger partial charge in [0.05, 0.1) is 35.2 Å². The van der Waals surface area contributed by atoms with E-state index in [1.165, 1.54) is 18.4 Å². The Morgan fingerprint density at radius 2 is 2.38 bits per heavy atom. The second-order valence-electron chi connectivity index (χ2n) is 5.80. The lowest BCUT2D eigenvalue weighted by Gasteiger charge is -2.35. The van der Waals surface area contributed by atoms with E-state index in [0.29, 0.717) is 17.8 Å². The van der Waals surface area contributed by atoms with E-state index in [-0.39, 0.29) is 12.1 Å². The Bertz CT molecular complexity index is 681. The van der Waals surface area contributed by atoms with Crippen molar-refractivity contribution < 1.29 is 19.1 Å². The molecule has 2 aliphatic rings. The summed E-state index contributed by atoms with van der Waals surface area (Å²) >= 11 is 4.93. The number of hydrogen-bond acceptors (Lipinski definition) is 5. The quantitative estimate of drug-likeness (QED) is 0.767. The number of nitrogens with one attached hydrogen (secondary N) is 1. The first-order chi connectivity index (χ1) is 11.5. The molecule has 1 saturated heterocycles. The first-order valence-electron chi connectivity index (χ1n) is 7.74. The number of rotatable bonds is 4. The largest absolute Gasteiger partial charge is 0.466 e. The first-order valence-corrected chi connectivity index (χ1v) is 9.41. The molecule has 1 fully saturated rings. The van der Waals surface area contributed by atoms with Crippen molar-refractivity contribution in [2.75, 3.05) is 20.3 Å². The molecule has 1 aromatic rings. The van der Waals surface area contributed by atoms with Crippen molar-refractivity contribution >= 4 is 39.3 Å². The highest BCUT2D eigenvalue weighted by Crippen LogP contribution is 2.35. The van der Waals surface area contributed by atoms with Gasteiger partial charge in [0.1, 0.15) is 0 Å². The van der Waals surface area contributed by atoms with E-state index in [9.17, 15) is 9.59 Å². The van der Waals surface area contributed by atoms with Gasteiger partial charge < -0.3 is 14.8 Å². The molecule has 0 unspecified atom stereocenters. The summed E-state index contributed by atoms with van der Waals surface area (Å²) in [6.07, 6.45) is 1.93.